The molecule has 0 aromatic heterocycles. The smallest absolute Gasteiger partial charge is 0.203 e. The minimum Gasteiger partial charge on any atom is -0.508 e. The lowest BCUT2D eigenvalue weighted by molar-refractivity contribution is 0.0413. The number of rotatable bonds is 10. The van der Waals surface area contributed by atoms with Gasteiger partial charge in [-0.3, -0.25) is 0 Å². The SMILES string of the molecule is COc1ccc(C2CCC(CNCC(O)c3ccc(O)cc3CO)O2)c(OC)c1OC. The lowest BCUT2D eigenvalue weighted by Gasteiger charge is -2.20. The third kappa shape index (κ3) is 5.22. The van der Waals surface area contributed by atoms with Crippen molar-refractivity contribution in [2.45, 2.75) is 37.8 Å². The quantitative estimate of drug-likeness (QED) is 0.452. The third-order valence-corrected chi connectivity index (χ3v) is 5.55. The van der Waals surface area contributed by atoms with Crippen LogP contribution in [-0.2, 0) is 11.3 Å². The molecule has 2 aromatic carbocycles. The summed E-state index contributed by atoms with van der Waals surface area (Å²) in [5.74, 6) is 1.82. The van der Waals surface area contributed by atoms with Crippen LogP contribution < -0.4 is 19.5 Å². The van der Waals surface area contributed by atoms with Crippen LogP contribution in [0.15, 0.2) is 30.3 Å². The second-order valence-electron chi connectivity index (χ2n) is 7.46. The Kier molecular flexibility index (Phi) is 7.97. The fourth-order valence-electron chi connectivity index (χ4n) is 4.01. The molecule has 8 heteroatoms. The highest BCUT2D eigenvalue weighted by atomic mass is 16.5. The predicted molar refractivity (Wildman–Crippen MR) is 115 cm³/mol. The Hall–Kier alpha value is -2.52. The molecule has 0 bridgehead atoms. The van der Waals surface area contributed by atoms with Gasteiger partial charge in [0.15, 0.2) is 11.5 Å². The zero-order valence-electron chi connectivity index (χ0n) is 18.1. The van der Waals surface area contributed by atoms with Crippen molar-refractivity contribution < 1.29 is 34.3 Å². The molecule has 1 fully saturated rings. The molecule has 3 unspecified atom stereocenters. The second kappa shape index (κ2) is 10.7. The summed E-state index contributed by atoms with van der Waals surface area (Å²) >= 11 is 0. The van der Waals surface area contributed by atoms with Crippen LogP contribution in [-0.4, -0.2) is 55.8 Å². The van der Waals surface area contributed by atoms with Crippen molar-refractivity contribution >= 4 is 0 Å². The van der Waals surface area contributed by atoms with Gasteiger partial charge in [-0.1, -0.05) is 6.07 Å². The predicted octanol–water partition coefficient (Wildman–Crippen LogP) is 2.45. The van der Waals surface area contributed by atoms with E-state index in [1.165, 1.54) is 12.1 Å². The van der Waals surface area contributed by atoms with Gasteiger partial charge in [0.2, 0.25) is 5.75 Å². The molecule has 0 spiro atoms. The molecule has 3 rings (SSSR count). The Morgan fingerprint density at radius 1 is 1.06 bits per heavy atom. The molecular formula is C23H31NO7. The first-order valence-corrected chi connectivity index (χ1v) is 10.3. The monoisotopic (exact) mass is 433 g/mol. The van der Waals surface area contributed by atoms with Crippen molar-refractivity contribution in [1.29, 1.82) is 0 Å². The van der Waals surface area contributed by atoms with Crippen LogP contribution in [0.5, 0.6) is 23.0 Å². The van der Waals surface area contributed by atoms with Gasteiger partial charge < -0.3 is 39.6 Å². The van der Waals surface area contributed by atoms with Gasteiger partial charge >= 0.3 is 0 Å². The van der Waals surface area contributed by atoms with Gasteiger partial charge in [0.25, 0.3) is 0 Å². The summed E-state index contributed by atoms with van der Waals surface area (Å²) in [6.45, 7) is 0.638. The van der Waals surface area contributed by atoms with E-state index in [1.54, 1.807) is 27.4 Å². The summed E-state index contributed by atoms with van der Waals surface area (Å²) in [5.41, 5.74) is 2.01. The van der Waals surface area contributed by atoms with E-state index in [2.05, 4.69) is 5.32 Å². The van der Waals surface area contributed by atoms with Crippen molar-refractivity contribution in [3.05, 3.63) is 47.0 Å². The summed E-state index contributed by atoms with van der Waals surface area (Å²) in [6.07, 6.45) is 0.780. The van der Waals surface area contributed by atoms with Crippen molar-refractivity contribution in [2.24, 2.45) is 0 Å². The normalized spacial score (nSPS) is 19.3. The lowest BCUT2D eigenvalue weighted by Crippen LogP contribution is -2.30. The van der Waals surface area contributed by atoms with Crippen LogP contribution in [0.4, 0.5) is 0 Å². The van der Waals surface area contributed by atoms with E-state index in [0.717, 1.165) is 18.4 Å². The van der Waals surface area contributed by atoms with Crippen molar-refractivity contribution in [3.63, 3.8) is 0 Å². The molecular weight excluding hydrogens is 402 g/mol. The Morgan fingerprint density at radius 3 is 2.52 bits per heavy atom. The minimum atomic E-state index is -0.800. The molecule has 31 heavy (non-hydrogen) atoms. The number of aliphatic hydroxyl groups is 2. The maximum atomic E-state index is 10.5. The van der Waals surface area contributed by atoms with Crippen LogP contribution in [0.1, 0.15) is 41.7 Å². The van der Waals surface area contributed by atoms with Gasteiger partial charge in [-0.15, -0.1) is 0 Å². The average Bonchev–Trinajstić information content (AvgIpc) is 3.26. The van der Waals surface area contributed by atoms with E-state index in [-0.39, 0.29) is 24.6 Å². The number of hydrogen-bond acceptors (Lipinski definition) is 8. The molecule has 1 aliphatic heterocycles. The highest BCUT2D eigenvalue weighted by Crippen LogP contribution is 2.45. The van der Waals surface area contributed by atoms with E-state index in [4.69, 9.17) is 18.9 Å². The molecule has 0 saturated carbocycles. The Balaban J connectivity index is 1.58. The van der Waals surface area contributed by atoms with Crippen molar-refractivity contribution in [3.8, 4) is 23.0 Å². The summed E-state index contributed by atoms with van der Waals surface area (Å²) < 4.78 is 22.6. The number of hydrogen-bond donors (Lipinski definition) is 4. The number of phenolic OH excluding ortho intramolecular Hbond substituents is 1. The first-order chi connectivity index (χ1) is 15.0. The van der Waals surface area contributed by atoms with Crippen LogP contribution in [0, 0.1) is 0 Å². The van der Waals surface area contributed by atoms with Gasteiger partial charge in [0, 0.05) is 18.7 Å². The van der Waals surface area contributed by atoms with Crippen LogP contribution >= 0.6 is 0 Å². The summed E-state index contributed by atoms with van der Waals surface area (Å²) in [7, 11) is 4.76. The molecule has 1 aliphatic rings. The highest BCUT2D eigenvalue weighted by Gasteiger charge is 2.30. The highest BCUT2D eigenvalue weighted by molar-refractivity contribution is 5.56. The molecule has 0 aliphatic carbocycles. The largest absolute Gasteiger partial charge is 0.508 e. The van der Waals surface area contributed by atoms with E-state index in [9.17, 15) is 15.3 Å². The molecule has 0 amide bonds. The fourth-order valence-corrected chi connectivity index (χ4v) is 4.01. The Labute approximate surface area is 182 Å². The summed E-state index contributed by atoms with van der Waals surface area (Å²) in [4.78, 5) is 0. The lowest BCUT2D eigenvalue weighted by atomic mass is 10.0. The zero-order valence-corrected chi connectivity index (χ0v) is 18.1. The maximum Gasteiger partial charge on any atom is 0.203 e. The minimum absolute atomic E-state index is 0.00728. The summed E-state index contributed by atoms with van der Waals surface area (Å²) in [5, 5.41) is 32.7. The number of aliphatic hydroxyl groups excluding tert-OH is 2. The Morgan fingerprint density at radius 2 is 1.84 bits per heavy atom. The number of ether oxygens (including phenoxy) is 4. The number of nitrogens with one attached hydrogen (secondary N) is 1. The van der Waals surface area contributed by atoms with E-state index >= 15 is 0 Å². The van der Waals surface area contributed by atoms with Gasteiger partial charge in [-0.25, -0.2) is 0 Å². The van der Waals surface area contributed by atoms with E-state index in [0.29, 0.717) is 41.5 Å². The molecule has 3 atom stereocenters. The van der Waals surface area contributed by atoms with E-state index < -0.39 is 6.10 Å². The number of benzene rings is 2. The van der Waals surface area contributed by atoms with Gasteiger partial charge in [-0.05, 0) is 48.2 Å². The number of phenols is 1. The first-order valence-electron chi connectivity index (χ1n) is 10.3. The number of methoxy groups -OCH3 is 3. The molecule has 4 N–H and O–H groups in total. The molecule has 0 radical (unpaired) electrons. The average molecular weight is 434 g/mol. The molecule has 1 heterocycles. The second-order valence-corrected chi connectivity index (χ2v) is 7.46. The van der Waals surface area contributed by atoms with Crippen LogP contribution in [0.25, 0.3) is 0 Å². The van der Waals surface area contributed by atoms with Gasteiger partial charge in [0.05, 0.1) is 46.2 Å². The zero-order chi connectivity index (χ0) is 22.4. The van der Waals surface area contributed by atoms with Crippen molar-refractivity contribution in [1.82, 2.24) is 5.32 Å². The van der Waals surface area contributed by atoms with Gasteiger partial charge in [0.1, 0.15) is 5.75 Å². The van der Waals surface area contributed by atoms with Crippen LogP contribution in [0.3, 0.4) is 0 Å². The maximum absolute atomic E-state index is 10.5. The van der Waals surface area contributed by atoms with Crippen molar-refractivity contribution in [2.75, 3.05) is 34.4 Å². The first kappa shape index (κ1) is 23.1. The third-order valence-electron chi connectivity index (χ3n) is 5.55. The molecule has 8 nitrogen and oxygen atoms in total. The summed E-state index contributed by atoms with van der Waals surface area (Å²) in [6, 6.07) is 8.36. The molecule has 1 saturated heterocycles. The molecule has 170 valence electrons. The fraction of sp³-hybridized carbons (Fsp3) is 0.478. The van der Waals surface area contributed by atoms with Gasteiger partial charge in [-0.2, -0.15) is 0 Å². The number of aromatic hydroxyl groups is 1. The molecule has 2 aromatic rings. The Bertz CT molecular complexity index is 873. The van der Waals surface area contributed by atoms with E-state index in [1.807, 2.05) is 12.1 Å². The van der Waals surface area contributed by atoms with Crippen LogP contribution in [0.2, 0.25) is 0 Å². The standard InChI is InChI=1S/C23H31NO7/c1-28-21-9-7-18(22(29-2)23(21)30-3)20-8-5-16(31-20)11-24-12-19(27)17-6-4-15(26)10-14(17)13-25/h4,6-7,9-10,16,19-20,24-27H,5,8,11-13H2,1-3H3. The topological polar surface area (TPSA) is 110 Å².